The van der Waals surface area contributed by atoms with E-state index in [-0.39, 0.29) is 0 Å². The molecule has 0 atom stereocenters. The van der Waals surface area contributed by atoms with Crippen LogP contribution in [0.2, 0.25) is 0 Å². The molecule has 2 heteroatoms. The Balaban J connectivity index is 2.20. The van der Waals surface area contributed by atoms with Crippen molar-refractivity contribution in [3.63, 3.8) is 0 Å². The van der Waals surface area contributed by atoms with Gasteiger partial charge in [-0.1, -0.05) is 0 Å². The lowest BCUT2D eigenvalue weighted by Crippen LogP contribution is -2.08. The molecule has 1 aliphatic heterocycles. The molecule has 0 spiro atoms. The minimum atomic E-state index is 0.983. The van der Waals surface area contributed by atoms with E-state index in [0.717, 1.165) is 13.0 Å². The molecule has 1 rings (SSSR count). The summed E-state index contributed by atoms with van der Waals surface area (Å²) < 4.78 is 4.78. The van der Waals surface area contributed by atoms with Crippen molar-refractivity contribution in [2.24, 2.45) is 0 Å². The minimum absolute atomic E-state index is 0.983. The molecule has 0 saturated heterocycles. The molecule has 0 aromatic carbocycles. The highest BCUT2D eigenvalue weighted by atomic mass is 16.5. The lowest BCUT2D eigenvalue weighted by Gasteiger charge is -1.92. The second-order valence-corrected chi connectivity index (χ2v) is 1.37. The van der Waals surface area contributed by atoms with E-state index in [1.807, 2.05) is 6.08 Å². The van der Waals surface area contributed by atoms with Gasteiger partial charge in [-0.3, -0.25) is 5.32 Å². The predicted octanol–water partition coefficient (Wildman–Crippen LogP) is 0.629. The third-order valence-electron chi connectivity index (χ3n) is 0.782. The van der Waals surface area contributed by atoms with E-state index in [1.165, 1.54) is 0 Å². The fraction of sp³-hybridized carbons (Fsp3) is 0.400. The zero-order valence-corrected chi connectivity index (χ0v) is 4.05. The highest BCUT2D eigenvalue weighted by Gasteiger charge is 1.87. The van der Waals surface area contributed by atoms with Gasteiger partial charge in [0.1, 0.15) is 0 Å². The monoisotopic (exact) mass is 98.1 g/mol. The van der Waals surface area contributed by atoms with Gasteiger partial charge in [0, 0.05) is 6.54 Å². The molecule has 0 aromatic rings. The van der Waals surface area contributed by atoms with E-state index < -0.39 is 0 Å². The van der Waals surface area contributed by atoms with E-state index in [4.69, 9.17) is 4.74 Å². The van der Waals surface area contributed by atoms with Gasteiger partial charge in [-0.25, -0.2) is 0 Å². The first-order valence-electron chi connectivity index (χ1n) is 2.36. The molecule has 7 heavy (non-hydrogen) atoms. The summed E-state index contributed by atoms with van der Waals surface area (Å²) in [5.74, 6) is 0. The topological polar surface area (TPSA) is 21.3 Å². The van der Waals surface area contributed by atoms with Gasteiger partial charge in [0.25, 0.3) is 0 Å². The molecule has 1 heterocycles. The van der Waals surface area contributed by atoms with Gasteiger partial charge in [0.15, 0.2) is 6.73 Å². The van der Waals surface area contributed by atoms with Crippen LogP contribution in [-0.2, 0) is 4.74 Å². The number of nitrogens with one attached hydrogen (secondary N) is 1. The summed E-state index contributed by atoms with van der Waals surface area (Å²) in [6.07, 6.45) is 4.72. The summed E-state index contributed by atoms with van der Waals surface area (Å²) in [7, 11) is 0. The minimum Gasteiger partial charge on any atom is -0.478 e. The van der Waals surface area contributed by atoms with Crippen molar-refractivity contribution >= 4 is 0 Å². The van der Waals surface area contributed by atoms with Gasteiger partial charge in [0.2, 0.25) is 0 Å². The van der Waals surface area contributed by atoms with Gasteiger partial charge in [-0.15, -0.1) is 0 Å². The molecule has 0 fully saturated rings. The Kier molecular flexibility index (Phi) is 1.75. The fourth-order valence-electron chi connectivity index (χ4n) is 0.437. The van der Waals surface area contributed by atoms with Crippen LogP contribution in [0.3, 0.4) is 0 Å². The Morgan fingerprint density at radius 2 is 2.57 bits per heavy atom. The second kappa shape index (κ2) is 2.64. The molecule has 1 aliphatic rings. The lowest BCUT2D eigenvalue weighted by molar-refractivity contribution is 0.310. The van der Waals surface area contributed by atoms with Gasteiger partial charge in [-0.2, -0.15) is 0 Å². The first-order chi connectivity index (χ1) is 3.50. The van der Waals surface area contributed by atoms with Crippen LogP contribution in [0.25, 0.3) is 0 Å². The molecule has 0 amide bonds. The van der Waals surface area contributed by atoms with Crippen LogP contribution < -0.4 is 5.32 Å². The van der Waals surface area contributed by atoms with Crippen molar-refractivity contribution in [2.75, 3.05) is 6.54 Å². The summed E-state index contributed by atoms with van der Waals surface area (Å²) in [4.78, 5) is 0. The Morgan fingerprint density at radius 3 is 3.57 bits per heavy atom. The fourth-order valence-corrected chi connectivity index (χ4v) is 0.437. The van der Waals surface area contributed by atoms with Crippen LogP contribution in [0.1, 0.15) is 6.42 Å². The van der Waals surface area contributed by atoms with Crippen LogP contribution in [0, 0.1) is 6.73 Å². The Bertz CT molecular complexity index is 62.5. The molecule has 0 saturated carbocycles. The van der Waals surface area contributed by atoms with Crippen LogP contribution in [-0.4, -0.2) is 6.54 Å². The lowest BCUT2D eigenvalue weighted by atomic mass is 10.4. The predicted molar refractivity (Wildman–Crippen MR) is 27.1 cm³/mol. The number of hydrogen-bond donors (Lipinski definition) is 1. The van der Waals surface area contributed by atoms with Gasteiger partial charge < -0.3 is 4.74 Å². The van der Waals surface area contributed by atoms with E-state index in [0.29, 0.717) is 0 Å². The van der Waals surface area contributed by atoms with Crippen molar-refractivity contribution in [1.29, 1.82) is 0 Å². The van der Waals surface area contributed by atoms with Crippen molar-refractivity contribution < 1.29 is 4.74 Å². The van der Waals surface area contributed by atoms with E-state index in [9.17, 15) is 0 Å². The second-order valence-electron chi connectivity index (χ2n) is 1.37. The quantitative estimate of drug-likeness (QED) is 0.479. The maximum atomic E-state index is 4.78. The van der Waals surface area contributed by atoms with Crippen molar-refractivity contribution in [2.45, 2.75) is 6.42 Å². The Hall–Kier alpha value is -0.500. The molecule has 0 unspecified atom stereocenters. The molecule has 2 nitrogen and oxygen atoms in total. The first kappa shape index (κ1) is 4.65. The normalized spacial score (nSPS) is 20.6. The van der Waals surface area contributed by atoms with Gasteiger partial charge in [-0.05, 0) is 12.5 Å². The molecule has 0 bridgehead atoms. The molecule has 39 valence electrons. The Morgan fingerprint density at radius 1 is 1.57 bits per heavy atom. The van der Waals surface area contributed by atoms with Crippen LogP contribution in [0.15, 0.2) is 12.3 Å². The maximum absolute atomic E-state index is 4.78. The van der Waals surface area contributed by atoms with Crippen molar-refractivity contribution in [1.82, 2.24) is 5.32 Å². The summed E-state index contributed by atoms with van der Waals surface area (Å²) in [5, 5.41) is 2.94. The summed E-state index contributed by atoms with van der Waals surface area (Å²) in [5.41, 5.74) is 0. The molecule has 0 aliphatic carbocycles. The number of hydrogen-bond acceptors (Lipinski definition) is 2. The summed E-state index contributed by atoms with van der Waals surface area (Å²) in [6.45, 7) is 2.57. The summed E-state index contributed by atoms with van der Waals surface area (Å²) >= 11 is 0. The van der Waals surface area contributed by atoms with Crippen LogP contribution in [0.5, 0.6) is 0 Å². The maximum Gasteiger partial charge on any atom is 0.200 e. The average molecular weight is 98.1 g/mol. The zero-order valence-electron chi connectivity index (χ0n) is 4.05. The molecule has 0 aromatic heterocycles. The number of ether oxygens (including phenoxy) is 1. The van der Waals surface area contributed by atoms with Crippen LogP contribution >= 0.6 is 0 Å². The Labute approximate surface area is 43.2 Å². The van der Waals surface area contributed by atoms with Gasteiger partial charge >= 0.3 is 0 Å². The van der Waals surface area contributed by atoms with E-state index >= 15 is 0 Å². The van der Waals surface area contributed by atoms with Crippen LogP contribution in [0.4, 0.5) is 0 Å². The highest BCUT2D eigenvalue weighted by molar-refractivity contribution is 4.78. The third kappa shape index (κ3) is 1.59. The zero-order chi connectivity index (χ0) is 4.95. The molecular formula is C5H8NO. The molecule has 1 radical (unpaired) electrons. The van der Waals surface area contributed by atoms with Gasteiger partial charge in [0.05, 0.1) is 6.26 Å². The highest BCUT2D eigenvalue weighted by Crippen LogP contribution is 1.89. The smallest absolute Gasteiger partial charge is 0.200 e. The number of rotatable bonds is 0. The van der Waals surface area contributed by atoms with Crippen molar-refractivity contribution in [3.8, 4) is 0 Å². The van der Waals surface area contributed by atoms with E-state index in [2.05, 4.69) is 5.32 Å². The first-order valence-corrected chi connectivity index (χ1v) is 2.36. The molecule has 1 N–H and O–H groups in total. The molecular weight excluding hydrogens is 90.1 g/mol. The standard InChI is InChI=1S/C5H8NO/c1-2-4-7-5-6-3-1/h2,4-6H,1,3H2. The third-order valence-corrected chi connectivity index (χ3v) is 0.782. The average Bonchev–Trinajstić information content (AvgIpc) is 1.90. The largest absolute Gasteiger partial charge is 0.478 e. The van der Waals surface area contributed by atoms with Crippen molar-refractivity contribution in [3.05, 3.63) is 19.1 Å². The SMILES string of the molecule is [CH]1NCCC=CO1. The summed E-state index contributed by atoms with van der Waals surface area (Å²) in [6, 6.07) is 0. The van der Waals surface area contributed by atoms with E-state index in [1.54, 1.807) is 13.0 Å².